The summed E-state index contributed by atoms with van der Waals surface area (Å²) >= 11 is 0.983. The molecule has 2 atom stereocenters. The van der Waals surface area contributed by atoms with E-state index in [1.807, 2.05) is 0 Å². The lowest BCUT2D eigenvalue weighted by atomic mass is 10.1. The Kier molecular flexibility index (Phi) is 17.9. The zero-order valence-corrected chi connectivity index (χ0v) is 41.3. The van der Waals surface area contributed by atoms with Crippen molar-refractivity contribution in [2.24, 2.45) is 0 Å². The number of methoxy groups -OCH3 is 2. The minimum absolute atomic E-state index is 0.0271. The number of rotatable bonds is 22. The molecule has 3 heterocycles. The molecular formula is C48H58F2N4O15S. The number of ketones is 1. The van der Waals surface area contributed by atoms with E-state index < -0.39 is 83.1 Å². The number of imide groups is 1. The molecule has 0 bridgehead atoms. The minimum atomic E-state index is -1.45. The number of nitrogens with one attached hydrogen (secondary N) is 2. The third kappa shape index (κ3) is 14.4. The zero-order valence-electron chi connectivity index (χ0n) is 40.5. The van der Waals surface area contributed by atoms with E-state index in [0.29, 0.717) is 15.2 Å². The van der Waals surface area contributed by atoms with Crippen LogP contribution in [0.1, 0.15) is 101 Å². The number of fused-ring (bicyclic) bond motifs is 2. The van der Waals surface area contributed by atoms with Crippen molar-refractivity contribution in [3.63, 3.8) is 0 Å². The Morgan fingerprint density at radius 3 is 1.96 bits per heavy atom. The number of esters is 2. The number of benzene rings is 2. The summed E-state index contributed by atoms with van der Waals surface area (Å²) in [4.78, 5) is 103. The van der Waals surface area contributed by atoms with Crippen molar-refractivity contribution in [3.05, 3.63) is 58.0 Å². The molecule has 22 heteroatoms. The maximum Gasteiger partial charge on any atom is 0.407 e. The van der Waals surface area contributed by atoms with Crippen LogP contribution in [0.15, 0.2) is 30.4 Å². The third-order valence-corrected chi connectivity index (χ3v) is 11.5. The van der Waals surface area contributed by atoms with Crippen LogP contribution >= 0.6 is 11.3 Å². The summed E-state index contributed by atoms with van der Waals surface area (Å²) in [6.45, 7) is 10.8. The highest BCUT2D eigenvalue weighted by molar-refractivity contribution is 7.20. The number of halogens is 2. The number of hydrogen-bond donors (Lipinski definition) is 2. The van der Waals surface area contributed by atoms with Crippen molar-refractivity contribution < 1.29 is 80.3 Å². The van der Waals surface area contributed by atoms with E-state index in [2.05, 4.69) is 10.6 Å². The van der Waals surface area contributed by atoms with Gasteiger partial charge in [-0.05, 0) is 66.2 Å². The monoisotopic (exact) mass is 1000 g/mol. The molecule has 3 aromatic rings. The molecule has 1 aromatic heterocycles. The second-order valence-electron chi connectivity index (χ2n) is 18.2. The van der Waals surface area contributed by atoms with E-state index >= 15 is 8.78 Å². The Morgan fingerprint density at radius 1 is 0.743 bits per heavy atom. The highest BCUT2D eigenvalue weighted by atomic mass is 32.1. The standard InChI is InChI=1S/C48H58F2N4O15S/c1-26(22-51-45(61)30(54-37(57)12-13-38(54)58)23-52-46(62)69-48(5,6)7)67-39(59)15-11-31(55)35-20-28-34(70-35)21-33(64-9)44(41(28)49)66-18-10-17-65-43-32(63-8)19-27-24-53(25-29(27)42(43)50)36(56)14-16-40(60)68-47(2,3)4/h12-13,19-21,26,30H,10-11,14-18,22-25H2,1-9H3,(H,51,61)(H,52,62)/t26-,30-/m0/s1. The summed E-state index contributed by atoms with van der Waals surface area (Å²) < 4.78 is 70.3. The Labute approximate surface area is 407 Å². The van der Waals surface area contributed by atoms with Crippen molar-refractivity contribution in [1.82, 2.24) is 20.4 Å². The molecule has 2 N–H and O–H groups in total. The van der Waals surface area contributed by atoms with Gasteiger partial charge < -0.3 is 48.7 Å². The number of alkyl carbamates (subject to hydrolysis) is 1. The first kappa shape index (κ1) is 54.1. The number of Topliss-reactive ketones (excluding diaryl/α,β-unsaturated/α-hetero) is 1. The molecule has 19 nitrogen and oxygen atoms in total. The normalized spacial score (nSPS) is 14.2. The quantitative estimate of drug-likeness (QED) is 0.0396. The lowest BCUT2D eigenvalue weighted by molar-refractivity contribution is -0.156. The number of carbonyl (C=O) groups excluding carboxylic acids is 8. The number of amides is 5. The first-order chi connectivity index (χ1) is 32.9. The molecule has 0 spiro atoms. The SMILES string of the molecule is COc1cc2c(c(F)c1OCCCOc1c(OC)cc3sc(C(=O)CCC(=O)O[C@@H](C)CNC(=O)[C@H](CNC(=O)OC(C)(C)C)N4C(=O)C=CC4=O)cc3c1F)CN(C(=O)CCC(=O)OC(C)(C)C)C2. The van der Waals surface area contributed by atoms with Crippen LogP contribution in [0.3, 0.4) is 0 Å². The van der Waals surface area contributed by atoms with Crippen LogP contribution in [-0.2, 0) is 56.1 Å². The average Bonchev–Trinajstić information content (AvgIpc) is 4.01. The first-order valence-electron chi connectivity index (χ1n) is 22.4. The van der Waals surface area contributed by atoms with Crippen molar-refractivity contribution in [1.29, 1.82) is 0 Å². The molecule has 2 aliphatic rings. The van der Waals surface area contributed by atoms with Crippen molar-refractivity contribution in [2.75, 3.05) is 40.5 Å². The molecule has 0 fully saturated rings. The number of nitrogens with zero attached hydrogens (tertiary/aromatic N) is 2. The molecule has 70 heavy (non-hydrogen) atoms. The molecule has 0 radical (unpaired) electrons. The molecule has 380 valence electrons. The predicted molar refractivity (Wildman–Crippen MR) is 247 cm³/mol. The smallest absolute Gasteiger partial charge is 0.407 e. The number of carbonyl (C=O) groups is 8. The summed E-state index contributed by atoms with van der Waals surface area (Å²) in [6, 6.07) is 3.00. The molecule has 0 saturated carbocycles. The van der Waals surface area contributed by atoms with Crippen LogP contribution in [0, 0.1) is 11.6 Å². The zero-order chi connectivity index (χ0) is 51.7. The maximum atomic E-state index is 16.0. The van der Waals surface area contributed by atoms with Crippen molar-refractivity contribution >= 4 is 68.9 Å². The third-order valence-electron chi connectivity index (χ3n) is 10.3. The van der Waals surface area contributed by atoms with Crippen LogP contribution in [0.4, 0.5) is 13.6 Å². The van der Waals surface area contributed by atoms with Gasteiger partial charge in [0.2, 0.25) is 11.8 Å². The van der Waals surface area contributed by atoms with Crippen LogP contribution in [0.5, 0.6) is 23.0 Å². The second-order valence-corrected chi connectivity index (χ2v) is 19.3. The Morgan fingerprint density at radius 2 is 1.34 bits per heavy atom. The van der Waals surface area contributed by atoms with Gasteiger partial charge in [-0.15, -0.1) is 11.3 Å². The summed E-state index contributed by atoms with van der Waals surface area (Å²) in [5.74, 6) is -6.15. The van der Waals surface area contributed by atoms with E-state index in [1.165, 1.54) is 38.2 Å². The summed E-state index contributed by atoms with van der Waals surface area (Å²) in [6.07, 6.45) is -0.502. The highest BCUT2D eigenvalue weighted by Crippen LogP contribution is 2.41. The fourth-order valence-electron chi connectivity index (χ4n) is 7.15. The molecule has 0 aliphatic carbocycles. The summed E-state index contributed by atoms with van der Waals surface area (Å²) in [5.41, 5.74) is -0.741. The second kappa shape index (κ2) is 23.2. The van der Waals surface area contributed by atoms with Crippen LogP contribution in [0.25, 0.3) is 10.1 Å². The molecule has 5 rings (SSSR count). The van der Waals surface area contributed by atoms with Gasteiger partial charge in [-0.25, -0.2) is 13.6 Å². The Balaban J connectivity index is 1.10. The van der Waals surface area contributed by atoms with Crippen LogP contribution < -0.4 is 29.6 Å². The molecule has 2 aromatic carbocycles. The van der Waals surface area contributed by atoms with E-state index in [0.717, 1.165) is 23.5 Å². The van der Waals surface area contributed by atoms with Gasteiger partial charge in [0.1, 0.15) is 23.3 Å². The summed E-state index contributed by atoms with van der Waals surface area (Å²) in [5, 5.41) is 4.96. The van der Waals surface area contributed by atoms with Gasteiger partial charge in [0.05, 0.1) is 58.2 Å². The maximum absolute atomic E-state index is 16.0. The van der Waals surface area contributed by atoms with E-state index in [4.69, 9.17) is 33.2 Å². The van der Waals surface area contributed by atoms with Crippen LogP contribution in [0.2, 0.25) is 0 Å². The minimum Gasteiger partial charge on any atom is -0.493 e. The molecule has 5 amide bonds. The number of thiophene rings is 1. The molecule has 0 unspecified atom stereocenters. The Hall–Kier alpha value is -6.84. The molecular weight excluding hydrogens is 943 g/mol. The summed E-state index contributed by atoms with van der Waals surface area (Å²) in [7, 11) is 2.68. The van der Waals surface area contributed by atoms with Gasteiger partial charge in [0.15, 0.2) is 40.4 Å². The number of ether oxygens (including phenoxy) is 7. The first-order valence-corrected chi connectivity index (χ1v) is 23.2. The number of hydrogen-bond acceptors (Lipinski definition) is 16. The molecule has 2 aliphatic heterocycles. The predicted octanol–water partition coefficient (Wildman–Crippen LogP) is 5.84. The van der Waals surface area contributed by atoms with E-state index in [9.17, 15) is 38.4 Å². The van der Waals surface area contributed by atoms with E-state index in [1.54, 1.807) is 47.6 Å². The van der Waals surface area contributed by atoms with Gasteiger partial charge in [-0.1, -0.05) is 0 Å². The average molecular weight is 1000 g/mol. The highest BCUT2D eigenvalue weighted by Gasteiger charge is 2.37. The molecule has 0 saturated heterocycles. The van der Waals surface area contributed by atoms with Gasteiger partial charge in [-0.2, -0.15) is 0 Å². The van der Waals surface area contributed by atoms with Crippen molar-refractivity contribution in [3.8, 4) is 23.0 Å². The van der Waals surface area contributed by atoms with E-state index in [-0.39, 0.29) is 110 Å². The van der Waals surface area contributed by atoms with Gasteiger partial charge >= 0.3 is 18.0 Å². The van der Waals surface area contributed by atoms with Gasteiger partial charge in [0.25, 0.3) is 11.8 Å². The van der Waals surface area contributed by atoms with Crippen molar-refractivity contribution in [2.45, 2.75) is 117 Å². The lowest BCUT2D eigenvalue weighted by Crippen LogP contribution is -2.55. The lowest BCUT2D eigenvalue weighted by Gasteiger charge is -2.27. The Bertz CT molecular complexity index is 2530. The fraction of sp³-hybridized carbons (Fsp3) is 0.500. The van der Waals surface area contributed by atoms with Gasteiger partial charge in [-0.3, -0.25) is 38.5 Å². The van der Waals surface area contributed by atoms with Crippen LogP contribution in [-0.4, -0.2) is 121 Å². The largest absolute Gasteiger partial charge is 0.493 e. The fourth-order valence-corrected chi connectivity index (χ4v) is 8.21. The topological polar surface area (TPSA) is 232 Å². The van der Waals surface area contributed by atoms with Gasteiger partial charge in [0, 0.05) is 66.2 Å².